The fourth-order valence-electron chi connectivity index (χ4n) is 3.03. The zero-order valence-electron chi connectivity index (χ0n) is 15.6. The predicted molar refractivity (Wildman–Crippen MR) is 107 cm³/mol. The van der Waals surface area contributed by atoms with Crippen LogP contribution in [0.5, 0.6) is 11.5 Å². The summed E-state index contributed by atoms with van der Waals surface area (Å²) in [6, 6.07) is 11.5. The van der Waals surface area contributed by atoms with Crippen LogP contribution in [0.2, 0.25) is 5.02 Å². The van der Waals surface area contributed by atoms with Crippen LogP contribution in [-0.2, 0) is 19.6 Å². The Morgan fingerprint density at radius 1 is 1.03 bits per heavy atom. The van der Waals surface area contributed by atoms with Crippen LogP contribution in [0.4, 0.5) is 0 Å². The Bertz CT molecular complexity index is 1010. The average molecular weight is 438 g/mol. The molecule has 0 saturated carbocycles. The molecular weight excluding hydrogens is 418 g/mol. The summed E-state index contributed by atoms with van der Waals surface area (Å²) in [4.78, 5) is 24.8. The van der Waals surface area contributed by atoms with E-state index < -0.39 is 22.0 Å². The SMILES string of the molecule is CC(=O)N1CCN(S(=O)(=O)c2ccc(Oc3ccc(Cl)cc3)cc2)C(C(N)=O)C1. The van der Waals surface area contributed by atoms with E-state index in [-0.39, 0.29) is 30.4 Å². The second-order valence-electron chi connectivity index (χ2n) is 6.53. The maximum atomic E-state index is 13.0. The number of benzene rings is 2. The van der Waals surface area contributed by atoms with Crippen molar-refractivity contribution in [2.24, 2.45) is 5.73 Å². The number of nitrogens with zero attached hydrogens (tertiary/aromatic N) is 2. The van der Waals surface area contributed by atoms with E-state index in [9.17, 15) is 18.0 Å². The Kier molecular flexibility index (Phi) is 6.11. The Hall–Kier alpha value is -2.62. The van der Waals surface area contributed by atoms with Gasteiger partial charge in [0.2, 0.25) is 21.8 Å². The molecule has 2 aromatic carbocycles. The Morgan fingerprint density at radius 3 is 2.10 bits per heavy atom. The number of carbonyl (C=O) groups excluding carboxylic acids is 2. The van der Waals surface area contributed by atoms with Gasteiger partial charge in [0.25, 0.3) is 0 Å². The van der Waals surface area contributed by atoms with E-state index in [0.29, 0.717) is 16.5 Å². The molecule has 2 aromatic rings. The van der Waals surface area contributed by atoms with Gasteiger partial charge in [0.1, 0.15) is 17.5 Å². The molecule has 1 aliphatic heterocycles. The molecule has 0 bridgehead atoms. The first kappa shape index (κ1) is 21.1. The van der Waals surface area contributed by atoms with Crippen LogP contribution in [-0.4, -0.2) is 55.1 Å². The van der Waals surface area contributed by atoms with Crippen LogP contribution in [0.1, 0.15) is 6.92 Å². The molecule has 1 heterocycles. The summed E-state index contributed by atoms with van der Waals surface area (Å²) in [5.74, 6) is -0.0440. The molecule has 1 saturated heterocycles. The fourth-order valence-corrected chi connectivity index (χ4v) is 4.73. The Labute approximate surface area is 173 Å². The Morgan fingerprint density at radius 2 is 1.59 bits per heavy atom. The second-order valence-corrected chi connectivity index (χ2v) is 8.85. The molecule has 3 rings (SSSR count). The Balaban J connectivity index is 1.80. The number of rotatable bonds is 5. The molecule has 1 atom stereocenters. The number of hydrogen-bond acceptors (Lipinski definition) is 5. The zero-order chi connectivity index (χ0) is 21.2. The van der Waals surface area contributed by atoms with E-state index in [4.69, 9.17) is 22.1 Å². The third-order valence-corrected chi connectivity index (χ3v) is 6.76. The van der Waals surface area contributed by atoms with Crippen LogP contribution >= 0.6 is 11.6 Å². The monoisotopic (exact) mass is 437 g/mol. The van der Waals surface area contributed by atoms with E-state index in [1.807, 2.05) is 0 Å². The molecule has 0 aliphatic carbocycles. The third-order valence-electron chi connectivity index (χ3n) is 4.58. The quantitative estimate of drug-likeness (QED) is 0.767. The number of hydrogen-bond donors (Lipinski definition) is 1. The van der Waals surface area contributed by atoms with Gasteiger partial charge in [-0.15, -0.1) is 0 Å². The molecule has 1 aliphatic rings. The van der Waals surface area contributed by atoms with Gasteiger partial charge in [0.05, 0.1) is 4.90 Å². The number of sulfonamides is 1. The van der Waals surface area contributed by atoms with Gasteiger partial charge in [0.15, 0.2) is 0 Å². The maximum Gasteiger partial charge on any atom is 0.243 e. The van der Waals surface area contributed by atoms with Gasteiger partial charge in [-0.2, -0.15) is 4.31 Å². The van der Waals surface area contributed by atoms with Crippen molar-refractivity contribution in [3.8, 4) is 11.5 Å². The molecule has 154 valence electrons. The van der Waals surface area contributed by atoms with Crippen molar-refractivity contribution in [1.29, 1.82) is 0 Å². The van der Waals surface area contributed by atoms with E-state index in [0.717, 1.165) is 4.31 Å². The average Bonchev–Trinajstić information content (AvgIpc) is 2.69. The highest BCUT2D eigenvalue weighted by molar-refractivity contribution is 7.89. The number of ether oxygens (including phenoxy) is 1. The summed E-state index contributed by atoms with van der Waals surface area (Å²) in [7, 11) is -3.98. The van der Waals surface area contributed by atoms with Gasteiger partial charge in [-0.1, -0.05) is 11.6 Å². The van der Waals surface area contributed by atoms with E-state index in [1.165, 1.54) is 36.1 Å². The molecule has 8 nitrogen and oxygen atoms in total. The number of carbonyl (C=O) groups is 2. The molecule has 1 unspecified atom stereocenters. The van der Waals surface area contributed by atoms with E-state index in [1.54, 1.807) is 24.3 Å². The first-order valence-electron chi connectivity index (χ1n) is 8.78. The van der Waals surface area contributed by atoms with E-state index in [2.05, 4.69) is 0 Å². The van der Waals surface area contributed by atoms with Crippen molar-refractivity contribution < 1.29 is 22.7 Å². The van der Waals surface area contributed by atoms with Gasteiger partial charge in [-0.3, -0.25) is 9.59 Å². The summed E-state index contributed by atoms with van der Waals surface area (Å²) in [6.45, 7) is 1.47. The fraction of sp³-hybridized carbons (Fsp3) is 0.263. The summed E-state index contributed by atoms with van der Waals surface area (Å²) < 4.78 is 32.8. The topological polar surface area (TPSA) is 110 Å². The van der Waals surface area contributed by atoms with Crippen LogP contribution < -0.4 is 10.5 Å². The van der Waals surface area contributed by atoms with Crippen molar-refractivity contribution >= 4 is 33.4 Å². The summed E-state index contributed by atoms with van der Waals surface area (Å²) in [5.41, 5.74) is 5.40. The van der Waals surface area contributed by atoms with Gasteiger partial charge in [-0.05, 0) is 48.5 Å². The van der Waals surface area contributed by atoms with Gasteiger partial charge in [0, 0.05) is 31.6 Å². The summed E-state index contributed by atoms with van der Waals surface area (Å²) >= 11 is 5.84. The first-order chi connectivity index (χ1) is 13.7. The van der Waals surface area contributed by atoms with E-state index >= 15 is 0 Å². The number of amides is 2. The number of piperazine rings is 1. The zero-order valence-corrected chi connectivity index (χ0v) is 17.2. The normalized spacial score (nSPS) is 17.7. The highest BCUT2D eigenvalue weighted by atomic mass is 35.5. The third kappa shape index (κ3) is 4.69. The summed E-state index contributed by atoms with van der Waals surface area (Å²) in [6.07, 6.45) is 0. The lowest BCUT2D eigenvalue weighted by Gasteiger charge is -2.38. The van der Waals surface area contributed by atoms with Crippen LogP contribution in [0, 0.1) is 0 Å². The molecule has 2 amide bonds. The number of nitrogens with two attached hydrogens (primary N) is 1. The van der Waals surface area contributed by atoms with Gasteiger partial charge in [-0.25, -0.2) is 8.42 Å². The lowest BCUT2D eigenvalue weighted by Crippen LogP contribution is -2.60. The van der Waals surface area contributed by atoms with Crippen molar-refractivity contribution in [2.75, 3.05) is 19.6 Å². The predicted octanol–water partition coefficient (Wildman–Crippen LogP) is 1.84. The number of halogens is 1. The largest absolute Gasteiger partial charge is 0.457 e. The van der Waals surface area contributed by atoms with Crippen molar-refractivity contribution in [2.45, 2.75) is 17.9 Å². The van der Waals surface area contributed by atoms with Crippen LogP contribution in [0.3, 0.4) is 0 Å². The van der Waals surface area contributed by atoms with Crippen molar-refractivity contribution in [1.82, 2.24) is 9.21 Å². The molecule has 0 aromatic heterocycles. The van der Waals surface area contributed by atoms with Gasteiger partial charge >= 0.3 is 0 Å². The van der Waals surface area contributed by atoms with Crippen LogP contribution in [0.15, 0.2) is 53.4 Å². The first-order valence-corrected chi connectivity index (χ1v) is 10.6. The number of primary amides is 1. The second kappa shape index (κ2) is 8.40. The van der Waals surface area contributed by atoms with Gasteiger partial charge < -0.3 is 15.4 Å². The molecule has 0 spiro atoms. The van der Waals surface area contributed by atoms with Crippen LogP contribution in [0.25, 0.3) is 0 Å². The highest BCUT2D eigenvalue weighted by Gasteiger charge is 2.39. The maximum absolute atomic E-state index is 13.0. The molecule has 29 heavy (non-hydrogen) atoms. The molecular formula is C19H20ClN3O5S. The lowest BCUT2D eigenvalue weighted by atomic mass is 10.2. The minimum absolute atomic E-state index is 0.00322. The molecule has 2 N–H and O–H groups in total. The minimum atomic E-state index is -3.98. The highest BCUT2D eigenvalue weighted by Crippen LogP contribution is 2.27. The molecule has 1 fully saturated rings. The smallest absolute Gasteiger partial charge is 0.243 e. The lowest BCUT2D eigenvalue weighted by molar-refractivity contribution is -0.133. The standard InChI is InChI=1S/C19H20ClN3O5S/c1-13(24)22-10-11-23(18(12-22)19(21)25)29(26,27)17-8-6-16(7-9-17)28-15-4-2-14(20)3-5-15/h2-9,18H,10-12H2,1H3,(H2,21,25). The molecule has 10 heteroatoms. The molecule has 0 radical (unpaired) electrons. The summed E-state index contributed by atoms with van der Waals surface area (Å²) in [5, 5.41) is 0.577. The van der Waals surface area contributed by atoms with Crippen molar-refractivity contribution in [3.05, 3.63) is 53.6 Å². The minimum Gasteiger partial charge on any atom is -0.457 e. The van der Waals surface area contributed by atoms with Crippen molar-refractivity contribution in [3.63, 3.8) is 0 Å².